The van der Waals surface area contributed by atoms with E-state index in [-0.39, 0.29) is 19.0 Å². The van der Waals surface area contributed by atoms with Gasteiger partial charge in [-0.05, 0) is 60.8 Å². The lowest BCUT2D eigenvalue weighted by Crippen LogP contribution is -2.43. The van der Waals surface area contributed by atoms with Crippen LogP contribution in [0.1, 0.15) is 113 Å². The Labute approximate surface area is 293 Å². The fourth-order valence-corrected chi connectivity index (χ4v) is 4.80. The first-order valence-electron chi connectivity index (χ1n) is 17.5. The maximum absolute atomic E-state index is 13.2. The Hall–Kier alpha value is -2.29. The number of carbonyl (C=O) groups is 5. The number of hydrogen-bond donors (Lipinski definition) is 2. The first kappa shape index (κ1) is 46.7. The van der Waals surface area contributed by atoms with Gasteiger partial charge in [-0.1, -0.05) is 32.6 Å². The summed E-state index contributed by atoms with van der Waals surface area (Å²) in [5, 5.41) is 19.8. The molecule has 0 rings (SSSR count). The number of carboxylic acids is 2. The molecule has 286 valence electrons. The van der Waals surface area contributed by atoms with Crippen LogP contribution in [0.25, 0.3) is 0 Å². The van der Waals surface area contributed by atoms with Crippen LogP contribution in [-0.2, 0) is 52.4 Å². The van der Waals surface area contributed by atoms with E-state index in [9.17, 15) is 34.2 Å². The first-order valence-corrected chi connectivity index (χ1v) is 17.5. The predicted molar refractivity (Wildman–Crippen MR) is 183 cm³/mol. The van der Waals surface area contributed by atoms with E-state index in [0.29, 0.717) is 65.3 Å². The summed E-state index contributed by atoms with van der Waals surface area (Å²) in [7, 11) is 1.60. The van der Waals surface area contributed by atoms with E-state index in [1.165, 1.54) is 13.8 Å². The highest BCUT2D eigenvalue weighted by molar-refractivity contribution is 5.94. The van der Waals surface area contributed by atoms with Gasteiger partial charge in [0.2, 0.25) is 0 Å². The topological polar surface area (TPSA) is 181 Å². The number of rotatable bonds is 33. The van der Waals surface area contributed by atoms with Gasteiger partial charge in [-0.15, -0.1) is 0 Å². The fraction of sp³-hybridized carbons (Fsp3) is 0.861. The van der Waals surface area contributed by atoms with Crippen LogP contribution in [0, 0.1) is 11.8 Å². The minimum Gasteiger partial charge on any atom is -0.481 e. The zero-order valence-corrected chi connectivity index (χ0v) is 31.3. The van der Waals surface area contributed by atoms with Crippen molar-refractivity contribution in [3.05, 3.63) is 0 Å². The smallest absolute Gasteiger partial charge is 0.307 e. The normalized spacial score (nSPS) is 13.6. The lowest BCUT2D eigenvalue weighted by Gasteiger charge is -2.29. The number of carboxylic acid groups (broad SMARTS) is 2. The molecule has 0 aliphatic rings. The second-order valence-corrected chi connectivity index (χ2v) is 13.7. The van der Waals surface area contributed by atoms with Crippen LogP contribution in [0.2, 0.25) is 0 Å². The van der Waals surface area contributed by atoms with Crippen LogP contribution in [0.4, 0.5) is 0 Å². The Kier molecular flexibility index (Phi) is 23.6. The molecular formula is C36H64O13. The molecule has 2 N–H and O–H groups in total. The fourth-order valence-electron chi connectivity index (χ4n) is 4.80. The summed E-state index contributed by atoms with van der Waals surface area (Å²) in [5.41, 5.74) is -3.64. The van der Waals surface area contributed by atoms with Crippen LogP contribution in [0.15, 0.2) is 0 Å². The van der Waals surface area contributed by atoms with Crippen LogP contribution in [0.5, 0.6) is 0 Å². The summed E-state index contributed by atoms with van der Waals surface area (Å²) in [6, 6.07) is 0. The maximum atomic E-state index is 13.2. The SMILES string of the molecule is CCCCCCOC(C)(C)C(=O)CC(C(=O)O)C(CC(=O)C(C)(C)OCCCCCC(=O)C(C)(C)OCCOCCOCCOC)C(=O)O. The van der Waals surface area contributed by atoms with E-state index in [1.807, 2.05) is 0 Å². The van der Waals surface area contributed by atoms with Gasteiger partial charge < -0.3 is 38.6 Å². The summed E-state index contributed by atoms with van der Waals surface area (Å²) in [4.78, 5) is 63.2. The minimum absolute atomic E-state index is 0.0417. The molecule has 0 saturated carbocycles. The number of ether oxygens (including phenoxy) is 6. The van der Waals surface area contributed by atoms with Gasteiger partial charge in [-0.3, -0.25) is 24.0 Å². The molecule has 0 bridgehead atoms. The molecule has 0 aromatic heterocycles. The molecule has 13 heteroatoms. The monoisotopic (exact) mass is 704 g/mol. The van der Waals surface area contributed by atoms with Crippen molar-refractivity contribution in [3.8, 4) is 0 Å². The molecule has 2 atom stereocenters. The Morgan fingerprint density at radius 2 is 0.898 bits per heavy atom. The molecule has 0 aromatic carbocycles. The van der Waals surface area contributed by atoms with Crippen molar-refractivity contribution < 1.29 is 62.6 Å². The van der Waals surface area contributed by atoms with E-state index in [1.54, 1.807) is 34.8 Å². The molecule has 49 heavy (non-hydrogen) atoms. The molecule has 0 spiro atoms. The maximum Gasteiger partial charge on any atom is 0.307 e. The summed E-state index contributed by atoms with van der Waals surface area (Å²) in [6.07, 6.45) is 4.68. The van der Waals surface area contributed by atoms with Gasteiger partial charge in [0.25, 0.3) is 0 Å². The van der Waals surface area contributed by atoms with Gasteiger partial charge in [-0.2, -0.15) is 0 Å². The van der Waals surface area contributed by atoms with E-state index in [4.69, 9.17) is 28.4 Å². The predicted octanol–water partition coefficient (Wildman–Crippen LogP) is 5.08. The van der Waals surface area contributed by atoms with E-state index < -0.39 is 65.0 Å². The largest absolute Gasteiger partial charge is 0.481 e. The van der Waals surface area contributed by atoms with E-state index in [2.05, 4.69) is 6.92 Å². The van der Waals surface area contributed by atoms with Gasteiger partial charge in [-0.25, -0.2) is 0 Å². The number of hydrogen-bond acceptors (Lipinski definition) is 11. The van der Waals surface area contributed by atoms with E-state index in [0.717, 1.165) is 25.7 Å². The van der Waals surface area contributed by atoms with Crippen molar-refractivity contribution in [2.45, 2.75) is 129 Å². The molecule has 0 amide bonds. The number of unbranched alkanes of at least 4 members (excludes halogenated alkanes) is 5. The summed E-state index contributed by atoms with van der Waals surface area (Å²) < 4.78 is 32.9. The summed E-state index contributed by atoms with van der Waals surface area (Å²) in [6.45, 7) is 14.6. The average molecular weight is 705 g/mol. The van der Waals surface area contributed by atoms with Crippen molar-refractivity contribution in [3.63, 3.8) is 0 Å². The standard InChI is InChI=1S/C36H64O13/c1-9-10-11-14-17-47-35(4,5)30(38)25-27(32(40)41)28(33(42)43)26-31(39)36(6,7)48-18-15-12-13-16-29(37)34(2,3)49-24-23-46-22-21-45-20-19-44-8/h27-28H,9-26H2,1-8H3,(H,40,41)(H,42,43). The molecule has 0 fully saturated rings. The third-order valence-electron chi connectivity index (χ3n) is 8.41. The van der Waals surface area contributed by atoms with Crippen molar-refractivity contribution >= 4 is 29.3 Å². The summed E-state index contributed by atoms with van der Waals surface area (Å²) >= 11 is 0. The van der Waals surface area contributed by atoms with Gasteiger partial charge >= 0.3 is 11.9 Å². The second-order valence-electron chi connectivity index (χ2n) is 13.7. The van der Waals surface area contributed by atoms with Gasteiger partial charge in [0.05, 0.1) is 51.5 Å². The quantitative estimate of drug-likeness (QED) is 0.0864. The highest BCUT2D eigenvalue weighted by Gasteiger charge is 2.42. The highest BCUT2D eigenvalue weighted by Crippen LogP contribution is 2.28. The Morgan fingerprint density at radius 1 is 0.510 bits per heavy atom. The number of carbonyl (C=O) groups excluding carboxylic acids is 3. The van der Waals surface area contributed by atoms with Crippen LogP contribution in [-0.4, -0.2) is 116 Å². The molecule has 0 aliphatic carbocycles. The molecule has 0 aliphatic heterocycles. The molecule has 0 aromatic rings. The zero-order chi connectivity index (χ0) is 37.5. The average Bonchev–Trinajstić information content (AvgIpc) is 3.02. The van der Waals surface area contributed by atoms with Crippen LogP contribution >= 0.6 is 0 Å². The number of Topliss-reactive ketones (excluding diaryl/α,β-unsaturated/α-hetero) is 3. The molecule has 2 unspecified atom stereocenters. The Bertz CT molecular complexity index is 989. The first-order chi connectivity index (χ1) is 22.9. The Balaban J connectivity index is 4.74. The third-order valence-corrected chi connectivity index (χ3v) is 8.41. The van der Waals surface area contributed by atoms with Crippen molar-refractivity contribution in [1.29, 1.82) is 0 Å². The Morgan fingerprint density at radius 3 is 1.33 bits per heavy atom. The highest BCUT2D eigenvalue weighted by atomic mass is 16.6. The van der Waals surface area contributed by atoms with Gasteiger partial charge in [0.1, 0.15) is 16.8 Å². The van der Waals surface area contributed by atoms with E-state index >= 15 is 0 Å². The van der Waals surface area contributed by atoms with Gasteiger partial charge in [0.15, 0.2) is 17.3 Å². The number of ketones is 3. The lowest BCUT2D eigenvalue weighted by molar-refractivity contribution is -0.160. The molecular weight excluding hydrogens is 640 g/mol. The molecule has 0 saturated heterocycles. The summed E-state index contributed by atoms with van der Waals surface area (Å²) in [5.74, 6) is -7.35. The van der Waals surface area contributed by atoms with Crippen LogP contribution in [0.3, 0.4) is 0 Å². The van der Waals surface area contributed by atoms with Crippen LogP contribution < -0.4 is 0 Å². The third kappa shape index (κ3) is 20.2. The zero-order valence-electron chi connectivity index (χ0n) is 31.3. The van der Waals surface area contributed by atoms with Crippen molar-refractivity contribution in [2.75, 3.05) is 60.0 Å². The minimum atomic E-state index is -1.62. The molecule has 13 nitrogen and oxygen atoms in total. The molecule has 0 radical (unpaired) electrons. The molecule has 0 heterocycles. The number of methoxy groups -OCH3 is 1. The second kappa shape index (κ2) is 24.8. The lowest BCUT2D eigenvalue weighted by atomic mass is 9.80. The van der Waals surface area contributed by atoms with Crippen molar-refractivity contribution in [2.24, 2.45) is 11.8 Å². The van der Waals surface area contributed by atoms with Gasteiger partial charge in [0, 0.05) is 39.6 Å². The van der Waals surface area contributed by atoms with Crippen molar-refractivity contribution in [1.82, 2.24) is 0 Å². The number of aliphatic carboxylic acids is 2.